The van der Waals surface area contributed by atoms with Crippen LogP contribution in [0, 0.1) is 0 Å². The number of hydrogen-bond acceptors (Lipinski definition) is 7. The second-order valence-corrected chi connectivity index (χ2v) is 2.66. The SMILES string of the molecule is C=CO.OC[C@@H](O)[C@@H](O)[C@H](O)[C@@H](O)CO. The lowest BCUT2D eigenvalue weighted by Crippen LogP contribution is -2.46. The summed E-state index contributed by atoms with van der Waals surface area (Å²) in [7, 11) is 0. The van der Waals surface area contributed by atoms with Crippen molar-refractivity contribution < 1.29 is 35.7 Å². The van der Waals surface area contributed by atoms with E-state index in [-0.39, 0.29) is 0 Å². The quantitative estimate of drug-likeness (QED) is 0.249. The van der Waals surface area contributed by atoms with Gasteiger partial charge >= 0.3 is 0 Å². The second-order valence-electron chi connectivity index (χ2n) is 2.66. The summed E-state index contributed by atoms with van der Waals surface area (Å²) in [6.45, 7) is 1.47. The molecule has 0 saturated carbocycles. The molecule has 0 radical (unpaired) electrons. The van der Waals surface area contributed by atoms with Crippen LogP contribution in [-0.4, -0.2) is 73.4 Å². The van der Waals surface area contributed by atoms with E-state index < -0.39 is 37.6 Å². The minimum absolute atomic E-state index is 0.726. The zero-order valence-corrected chi connectivity index (χ0v) is 8.14. The monoisotopic (exact) mass is 226 g/mol. The molecule has 0 fully saturated rings. The smallest absolute Gasteiger partial charge is 0.111 e. The van der Waals surface area contributed by atoms with Gasteiger partial charge in [-0.3, -0.25) is 0 Å². The van der Waals surface area contributed by atoms with Crippen molar-refractivity contribution in [1.29, 1.82) is 0 Å². The highest BCUT2D eigenvalue weighted by Gasteiger charge is 2.29. The highest BCUT2D eigenvalue weighted by atomic mass is 16.4. The fourth-order valence-electron chi connectivity index (χ4n) is 0.671. The Kier molecular flexibility index (Phi) is 11.0. The largest absolute Gasteiger partial charge is 0.516 e. The summed E-state index contributed by atoms with van der Waals surface area (Å²) in [6, 6.07) is 0. The summed E-state index contributed by atoms with van der Waals surface area (Å²) < 4.78 is 0. The molecule has 15 heavy (non-hydrogen) atoms. The molecule has 0 unspecified atom stereocenters. The molecule has 7 nitrogen and oxygen atoms in total. The van der Waals surface area contributed by atoms with E-state index in [4.69, 9.17) is 35.7 Å². The number of aliphatic hydroxyl groups is 7. The maximum absolute atomic E-state index is 8.96. The Bertz CT molecular complexity index is 138. The van der Waals surface area contributed by atoms with Gasteiger partial charge < -0.3 is 35.7 Å². The van der Waals surface area contributed by atoms with Gasteiger partial charge in [0.1, 0.15) is 24.4 Å². The van der Waals surface area contributed by atoms with Crippen LogP contribution in [0.4, 0.5) is 0 Å². The number of rotatable bonds is 5. The molecule has 0 spiro atoms. The molecule has 4 atom stereocenters. The Balaban J connectivity index is 0. The van der Waals surface area contributed by atoms with Gasteiger partial charge in [-0.1, -0.05) is 6.58 Å². The van der Waals surface area contributed by atoms with Crippen molar-refractivity contribution in [3.63, 3.8) is 0 Å². The number of aliphatic hydroxyl groups excluding tert-OH is 7. The minimum Gasteiger partial charge on any atom is -0.516 e. The minimum atomic E-state index is -1.67. The first kappa shape index (κ1) is 16.7. The molecule has 7 N–H and O–H groups in total. The molecule has 0 amide bonds. The molecule has 0 aliphatic heterocycles. The summed E-state index contributed by atoms with van der Waals surface area (Å²) in [5.41, 5.74) is 0. The Morgan fingerprint density at radius 3 is 1.20 bits per heavy atom. The molecule has 0 aliphatic carbocycles. The Labute approximate surface area is 87.2 Å². The van der Waals surface area contributed by atoms with Crippen LogP contribution in [0.1, 0.15) is 0 Å². The zero-order chi connectivity index (χ0) is 12.4. The average Bonchev–Trinajstić information content (AvgIpc) is 2.25. The van der Waals surface area contributed by atoms with Crippen molar-refractivity contribution in [1.82, 2.24) is 0 Å². The van der Waals surface area contributed by atoms with E-state index in [1.165, 1.54) is 0 Å². The zero-order valence-electron chi connectivity index (χ0n) is 8.14. The van der Waals surface area contributed by atoms with Gasteiger partial charge in [0.15, 0.2) is 0 Å². The first-order valence-corrected chi connectivity index (χ1v) is 4.15. The highest BCUT2D eigenvalue weighted by molar-refractivity contribution is 4.79. The van der Waals surface area contributed by atoms with Gasteiger partial charge in [0.25, 0.3) is 0 Å². The van der Waals surface area contributed by atoms with E-state index in [0.717, 1.165) is 6.26 Å². The molecule has 0 aromatic rings. The van der Waals surface area contributed by atoms with Gasteiger partial charge in [-0.05, 0) is 0 Å². The van der Waals surface area contributed by atoms with Gasteiger partial charge in [0.05, 0.1) is 19.5 Å². The van der Waals surface area contributed by atoms with Crippen LogP contribution in [0.25, 0.3) is 0 Å². The van der Waals surface area contributed by atoms with Crippen LogP contribution in [0.5, 0.6) is 0 Å². The molecular formula is C8H18O7. The van der Waals surface area contributed by atoms with Crippen molar-refractivity contribution in [3.05, 3.63) is 12.8 Å². The van der Waals surface area contributed by atoms with Gasteiger partial charge in [-0.15, -0.1) is 0 Å². The molecule has 92 valence electrons. The summed E-state index contributed by atoms with van der Waals surface area (Å²) >= 11 is 0. The van der Waals surface area contributed by atoms with Crippen molar-refractivity contribution in [3.8, 4) is 0 Å². The van der Waals surface area contributed by atoms with Gasteiger partial charge in [-0.2, -0.15) is 0 Å². The van der Waals surface area contributed by atoms with E-state index >= 15 is 0 Å². The standard InChI is InChI=1S/C6H14O6.C2H4O/c7-1-3(9)5(11)6(12)4(10)2-8;1-2-3/h3-12H,1-2H2;2-3H,1H2/t3-,4+,5-,6-;/m1./s1. The van der Waals surface area contributed by atoms with Crippen molar-refractivity contribution >= 4 is 0 Å². The summed E-state index contributed by atoms with van der Waals surface area (Å²) in [5.74, 6) is 0. The maximum Gasteiger partial charge on any atom is 0.111 e. The summed E-state index contributed by atoms with van der Waals surface area (Å²) in [5, 5.41) is 59.5. The Hall–Kier alpha value is -0.700. The fraction of sp³-hybridized carbons (Fsp3) is 0.750. The topological polar surface area (TPSA) is 142 Å². The molecule has 0 saturated heterocycles. The first-order valence-electron chi connectivity index (χ1n) is 4.15. The van der Waals surface area contributed by atoms with Crippen LogP contribution in [0.3, 0.4) is 0 Å². The van der Waals surface area contributed by atoms with Crippen LogP contribution in [0.2, 0.25) is 0 Å². The summed E-state index contributed by atoms with van der Waals surface area (Å²) in [4.78, 5) is 0. The van der Waals surface area contributed by atoms with E-state index in [2.05, 4.69) is 6.58 Å². The summed E-state index contributed by atoms with van der Waals surface area (Å²) in [6.07, 6.45) is -5.64. The van der Waals surface area contributed by atoms with Crippen LogP contribution in [0.15, 0.2) is 12.8 Å². The maximum atomic E-state index is 8.96. The van der Waals surface area contributed by atoms with Gasteiger partial charge in [0.2, 0.25) is 0 Å². The number of hydrogen-bond donors (Lipinski definition) is 7. The third-order valence-electron chi connectivity index (χ3n) is 1.51. The van der Waals surface area contributed by atoms with E-state index in [0.29, 0.717) is 0 Å². The van der Waals surface area contributed by atoms with Crippen LogP contribution < -0.4 is 0 Å². The fourth-order valence-corrected chi connectivity index (χ4v) is 0.671. The lowest BCUT2D eigenvalue weighted by molar-refractivity contribution is -0.123. The first-order chi connectivity index (χ1) is 6.95. The van der Waals surface area contributed by atoms with E-state index in [1.807, 2.05) is 0 Å². The van der Waals surface area contributed by atoms with Gasteiger partial charge in [-0.25, -0.2) is 0 Å². The molecule has 0 bridgehead atoms. The molecule has 7 heteroatoms. The molecule has 0 aromatic carbocycles. The molecule has 0 rings (SSSR count). The average molecular weight is 226 g/mol. The predicted molar refractivity (Wildman–Crippen MR) is 51.0 cm³/mol. The molecule has 0 heterocycles. The lowest BCUT2D eigenvalue weighted by Gasteiger charge is -2.24. The molecule has 0 aromatic heterocycles. The third kappa shape index (κ3) is 7.25. The molecular weight excluding hydrogens is 208 g/mol. The Morgan fingerprint density at radius 2 is 1.07 bits per heavy atom. The van der Waals surface area contributed by atoms with Crippen molar-refractivity contribution in [2.75, 3.05) is 13.2 Å². The molecule has 0 aliphatic rings. The highest BCUT2D eigenvalue weighted by Crippen LogP contribution is 2.03. The normalized spacial score (nSPS) is 18.0. The Morgan fingerprint density at radius 1 is 0.867 bits per heavy atom. The van der Waals surface area contributed by atoms with Crippen LogP contribution in [-0.2, 0) is 0 Å². The third-order valence-corrected chi connectivity index (χ3v) is 1.51. The van der Waals surface area contributed by atoms with E-state index in [9.17, 15) is 0 Å². The second kappa shape index (κ2) is 9.84. The lowest BCUT2D eigenvalue weighted by atomic mass is 10.0. The van der Waals surface area contributed by atoms with Gasteiger partial charge in [0, 0.05) is 0 Å². The van der Waals surface area contributed by atoms with Crippen molar-refractivity contribution in [2.24, 2.45) is 0 Å². The van der Waals surface area contributed by atoms with Crippen molar-refractivity contribution in [2.45, 2.75) is 24.4 Å². The van der Waals surface area contributed by atoms with E-state index in [1.54, 1.807) is 0 Å². The van der Waals surface area contributed by atoms with Crippen LogP contribution >= 0.6 is 0 Å². The predicted octanol–water partition coefficient (Wildman–Crippen LogP) is -2.90.